The fraction of sp³-hybridized carbons (Fsp3) is 0.933. The minimum absolute atomic E-state index is 0.0952. The maximum atomic E-state index is 12.4. The highest BCUT2D eigenvalue weighted by atomic mass is 16.2. The van der Waals surface area contributed by atoms with E-state index in [0.29, 0.717) is 17.9 Å². The maximum absolute atomic E-state index is 12.4. The molecule has 2 aliphatic rings. The zero-order valence-corrected chi connectivity index (χ0v) is 12.1. The number of nitrogens with zero attached hydrogens (tertiary/aromatic N) is 1. The van der Waals surface area contributed by atoms with Gasteiger partial charge in [0.15, 0.2) is 0 Å². The summed E-state index contributed by atoms with van der Waals surface area (Å²) in [7, 11) is 0. The zero-order valence-electron chi connectivity index (χ0n) is 12.1. The number of amides is 1. The van der Waals surface area contributed by atoms with Gasteiger partial charge in [-0.05, 0) is 44.1 Å². The van der Waals surface area contributed by atoms with Gasteiger partial charge >= 0.3 is 0 Å². The first-order valence-electron chi connectivity index (χ1n) is 7.72. The third-order valence-corrected chi connectivity index (χ3v) is 4.99. The van der Waals surface area contributed by atoms with E-state index < -0.39 is 0 Å². The molecule has 3 nitrogen and oxygen atoms in total. The molecule has 0 bridgehead atoms. The first-order valence-corrected chi connectivity index (χ1v) is 7.72. The van der Waals surface area contributed by atoms with E-state index in [1.807, 2.05) is 0 Å². The second kappa shape index (κ2) is 6.05. The van der Waals surface area contributed by atoms with Gasteiger partial charge in [-0.15, -0.1) is 0 Å². The highest BCUT2D eigenvalue weighted by Crippen LogP contribution is 2.38. The van der Waals surface area contributed by atoms with Gasteiger partial charge in [-0.25, -0.2) is 0 Å². The van der Waals surface area contributed by atoms with Crippen molar-refractivity contribution in [2.75, 3.05) is 13.1 Å². The summed E-state index contributed by atoms with van der Waals surface area (Å²) < 4.78 is 0. The fourth-order valence-corrected chi connectivity index (χ4v) is 3.78. The van der Waals surface area contributed by atoms with E-state index in [2.05, 4.69) is 31.0 Å². The normalized spacial score (nSPS) is 36.6. The molecule has 104 valence electrons. The Morgan fingerprint density at radius 3 is 2.67 bits per heavy atom. The maximum Gasteiger partial charge on any atom is 0.240 e. The second-order valence-corrected chi connectivity index (χ2v) is 6.00. The molecule has 1 amide bonds. The first-order chi connectivity index (χ1) is 8.69. The van der Waals surface area contributed by atoms with Gasteiger partial charge in [-0.2, -0.15) is 0 Å². The van der Waals surface area contributed by atoms with Crippen molar-refractivity contribution >= 4 is 5.91 Å². The molecule has 1 N–H and O–H groups in total. The monoisotopic (exact) mass is 252 g/mol. The van der Waals surface area contributed by atoms with Gasteiger partial charge in [0.2, 0.25) is 5.91 Å². The topological polar surface area (TPSA) is 32.3 Å². The largest absolute Gasteiger partial charge is 0.338 e. The summed E-state index contributed by atoms with van der Waals surface area (Å²) in [6, 6.07) is 0.605. The lowest BCUT2D eigenvalue weighted by Gasteiger charge is -2.29. The quantitative estimate of drug-likeness (QED) is 0.815. The predicted molar refractivity (Wildman–Crippen MR) is 74.4 cm³/mol. The van der Waals surface area contributed by atoms with Crippen molar-refractivity contribution < 1.29 is 4.79 Å². The van der Waals surface area contributed by atoms with E-state index in [1.165, 1.54) is 19.3 Å². The number of likely N-dealkylation sites (tertiary alicyclic amines) is 1. The molecule has 0 aromatic rings. The molecule has 1 aliphatic carbocycles. The first kappa shape index (κ1) is 13.9. The van der Waals surface area contributed by atoms with Gasteiger partial charge in [0, 0.05) is 12.6 Å². The smallest absolute Gasteiger partial charge is 0.240 e. The SMILES string of the molecule is CCCNC1CCN(C2CCC(CC)C2C)C1=O. The van der Waals surface area contributed by atoms with Crippen molar-refractivity contribution in [2.45, 2.75) is 65.0 Å². The van der Waals surface area contributed by atoms with Crippen molar-refractivity contribution in [3.63, 3.8) is 0 Å². The van der Waals surface area contributed by atoms with Gasteiger partial charge in [0.25, 0.3) is 0 Å². The Labute approximate surface area is 111 Å². The van der Waals surface area contributed by atoms with Gasteiger partial charge in [-0.1, -0.05) is 27.2 Å². The Morgan fingerprint density at radius 1 is 1.28 bits per heavy atom. The van der Waals surface area contributed by atoms with Crippen LogP contribution < -0.4 is 5.32 Å². The molecule has 0 radical (unpaired) electrons. The molecule has 1 aliphatic heterocycles. The second-order valence-electron chi connectivity index (χ2n) is 6.00. The van der Waals surface area contributed by atoms with Crippen LogP contribution in [0.2, 0.25) is 0 Å². The van der Waals surface area contributed by atoms with Crippen LogP contribution in [0.3, 0.4) is 0 Å². The molecule has 2 fully saturated rings. The highest BCUT2D eigenvalue weighted by molar-refractivity contribution is 5.84. The van der Waals surface area contributed by atoms with Crippen molar-refractivity contribution in [3.8, 4) is 0 Å². The Morgan fingerprint density at radius 2 is 2.06 bits per heavy atom. The molecule has 0 spiro atoms. The molecular weight excluding hydrogens is 224 g/mol. The van der Waals surface area contributed by atoms with E-state index in [9.17, 15) is 4.79 Å². The van der Waals surface area contributed by atoms with Crippen LogP contribution in [-0.2, 0) is 4.79 Å². The molecule has 0 aromatic carbocycles. The molecular formula is C15H28N2O. The molecule has 2 rings (SSSR count). The van der Waals surface area contributed by atoms with E-state index in [-0.39, 0.29) is 6.04 Å². The van der Waals surface area contributed by atoms with Crippen molar-refractivity contribution in [1.29, 1.82) is 0 Å². The molecule has 1 heterocycles. The Hall–Kier alpha value is -0.570. The van der Waals surface area contributed by atoms with Crippen LogP contribution in [0.15, 0.2) is 0 Å². The predicted octanol–water partition coefficient (Wildman–Crippen LogP) is 2.41. The van der Waals surface area contributed by atoms with Gasteiger partial charge in [0.05, 0.1) is 6.04 Å². The van der Waals surface area contributed by atoms with Crippen LogP contribution in [0, 0.1) is 11.8 Å². The van der Waals surface area contributed by atoms with Crippen LogP contribution in [0.25, 0.3) is 0 Å². The summed E-state index contributed by atoms with van der Waals surface area (Å²) >= 11 is 0. The van der Waals surface area contributed by atoms with Gasteiger partial charge in [0.1, 0.15) is 0 Å². The van der Waals surface area contributed by atoms with E-state index in [4.69, 9.17) is 0 Å². The van der Waals surface area contributed by atoms with Crippen molar-refractivity contribution in [1.82, 2.24) is 10.2 Å². The van der Waals surface area contributed by atoms with Crippen molar-refractivity contribution in [2.24, 2.45) is 11.8 Å². The lowest BCUT2D eigenvalue weighted by molar-refractivity contribution is -0.132. The lowest BCUT2D eigenvalue weighted by Crippen LogP contribution is -2.44. The Bertz CT molecular complexity index is 292. The van der Waals surface area contributed by atoms with Gasteiger partial charge < -0.3 is 10.2 Å². The standard InChI is InChI=1S/C15H28N2O/c1-4-9-16-13-8-10-17(15(13)18)14-7-6-12(5-2)11(14)3/h11-14,16H,4-10H2,1-3H3. The number of nitrogens with one attached hydrogen (secondary N) is 1. The van der Waals surface area contributed by atoms with Gasteiger partial charge in [-0.3, -0.25) is 4.79 Å². The number of hydrogen-bond donors (Lipinski definition) is 1. The molecule has 4 atom stereocenters. The highest BCUT2D eigenvalue weighted by Gasteiger charge is 2.42. The summed E-state index contributed by atoms with van der Waals surface area (Å²) in [6.45, 7) is 8.69. The summed E-state index contributed by atoms with van der Waals surface area (Å²) in [5.74, 6) is 1.87. The van der Waals surface area contributed by atoms with Crippen LogP contribution in [0.4, 0.5) is 0 Å². The van der Waals surface area contributed by atoms with E-state index in [1.54, 1.807) is 0 Å². The minimum Gasteiger partial charge on any atom is -0.338 e. The lowest BCUT2D eigenvalue weighted by atomic mass is 9.93. The summed E-state index contributed by atoms with van der Waals surface area (Å²) in [5, 5.41) is 3.38. The van der Waals surface area contributed by atoms with Crippen molar-refractivity contribution in [3.05, 3.63) is 0 Å². The minimum atomic E-state index is 0.0952. The van der Waals surface area contributed by atoms with E-state index >= 15 is 0 Å². The molecule has 18 heavy (non-hydrogen) atoms. The Kier molecular flexibility index (Phi) is 4.66. The van der Waals surface area contributed by atoms with Crippen LogP contribution in [0.1, 0.15) is 52.9 Å². The van der Waals surface area contributed by atoms with Crippen LogP contribution in [-0.4, -0.2) is 36.0 Å². The summed E-state index contributed by atoms with van der Waals surface area (Å²) in [4.78, 5) is 14.6. The molecule has 1 saturated heterocycles. The average molecular weight is 252 g/mol. The number of carbonyl (C=O) groups excluding carboxylic acids is 1. The summed E-state index contributed by atoms with van der Waals surface area (Å²) in [5.41, 5.74) is 0. The fourth-order valence-electron chi connectivity index (χ4n) is 3.78. The average Bonchev–Trinajstić information content (AvgIpc) is 2.90. The molecule has 0 aromatic heterocycles. The molecule has 1 saturated carbocycles. The third-order valence-electron chi connectivity index (χ3n) is 4.99. The molecule has 3 heteroatoms. The number of carbonyl (C=O) groups is 1. The zero-order chi connectivity index (χ0) is 13.1. The Balaban J connectivity index is 1.93. The summed E-state index contributed by atoms with van der Waals surface area (Å²) in [6.07, 6.45) is 5.88. The number of rotatable bonds is 5. The molecule has 4 unspecified atom stereocenters. The number of hydrogen-bond acceptors (Lipinski definition) is 2. The van der Waals surface area contributed by atoms with Crippen LogP contribution in [0.5, 0.6) is 0 Å². The van der Waals surface area contributed by atoms with Crippen LogP contribution >= 0.6 is 0 Å². The van der Waals surface area contributed by atoms with E-state index in [0.717, 1.165) is 31.8 Å². The third kappa shape index (κ3) is 2.56.